The van der Waals surface area contributed by atoms with Gasteiger partial charge in [0.2, 0.25) is 0 Å². The van der Waals surface area contributed by atoms with Crippen molar-refractivity contribution in [3.63, 3.8) is 0 Å². The Morgan fingerprint density at radius 3 is 2.65 bits per heavy atom. The molecule has 4 nitrogen and oxygen atoms in total. The molecule has 0 aliphatic carbocycles. The maximum absolute atomic E-state index is 12.0. The van der Waals surface area contributed by atoms with Crippen LogP contribution in [-0.4, -0.2) is 15.9 Å². The number of pyridine rings is 1. The summed E-state index contributed by atoms with van der Waals surface area (Å²) in [6.45, 7) is 0.595. The minimum Gasteiger partial charge on any atom is -0.295 e. The third kappa shape index (κ3) is 1.73. The fourth-order valence-corrected chi connectivity index (χ4v) is 1.93. The summed E-state index contributed by atoms with van der Waals surface area (Å²) in [5.74, 6) is 0.0115. The maximum atomic E-state index is 12.0. The van der Waals surface area contributed by atoms with Crippen molar-refractivity contribution in [2.24, 2.45) is 0 Å². The van der Waals surface area contributed by atoms with Crippen LogP contribution in [0.25, 0.3) is 0 Å². The van der Waals surface area contributed by atoms with Gasteiger partial charge in [0, 0.05) is 18.0 Å². The molecule has 1 aliphatic heterocycles. The molecule has 1 aliphatic rings. The van der Waals surface area contributed by atoms with E-state index in [1.165, 1.54) is 0 Å². The van der Waals surface area contributed by atoms with Crippen LogP contribution in [-0.2, 0) is 6.54 Å². The molecule has 1 amide bonds. The van der Waals surface area contributed by atoms with E-state index in [-0.39, 0.29) is 5.91 Å². The standard InChI is InChI=1S/C13H11N3O/c17-13-12-4-2-1-3-10(12)9-16(13)15-11-5-7-14-8-6-11/h1-8H,9H2,(H,14,15). The van der Waals surface area contributed by atoms with Gasteiger partial charge in [-0.2, -0.15) is 0 Å². The average molecular weight is 225 g/mol. The lowest BCUT2D eigenvalue weighted by atomic mass is 10.1. The van der Waals surface area contributed by atoms with Crippen molar-refractivity contribution >= 4 is 11.6 Å². The highest BCUT2D eigenvalue weighted by Crippen LogP contribution is 2.22. The number of aromatic nitrogens is 1. The summed E-state index contributed by atoms with van der Waals surface area (Å²) in [5, 5.41) is 1.61. The Balaban J connectivity index is 1.83. The molecule has 0 fully saturated rings. The van der Waals surface area contributed by atoms with Crippen LogP contribution in [0, 0.1) is 0 Å². The van der Waals surface area contributed by atoms with E-state index in [2.05, 4.69) is 10.4 Å². The second kappa shape index (κ2) is 3.90. The smallest absolute Gasteiger partial charge is 0.272 e. The molecule has 0 saturated heterocycles. The number of benzene rings is 1. The third-order valence-electron chi connectivity index (χ3n) is 2.77. The first-order valence-corrected chi connectivity index (χ1v) is 5.41. The molecule has 0 bridgehead atoms. The molecule has 4 heteroatoms. The number of hydrogen-bond donors (Lipinski definition) is 1. The number of rotatable bonds is 2. The summed E-state index contributed by atoms with van der Waals surface area (Å²) >= 11 is 0. The SMILES string of the molecule is O=C1c2ccccc2CN1Nc1ccncc1. The number of amides is 1. The molecule has 0 radical (unpaired) electrons. The quantitative estimate of drug-likeness (QED) is 0.850. The van der Waals surface area contributed by atoms with Gasteiger partial charge in [0.05, 0.1) is 12.2 Å². The van der Waals surface area contributed by atoms with Gasteiger partial charge in [0.15, 0.2) is 0 Å². The molecule has 3 rings (SSSR count). The van der Waals surface area contributed by atoms with E-state index in [0.717, 1.165) is 16.8 Å². The van der Waals surface area contributed by atoms with Gasteiger partial charge in [0.25, 0.3) is 5.91 Å². The Morgan fingerprint density at radius 1 is 1.12 bits per heavy atom. The van der Waals surface area contributed by atoms with Crippen molar-refractivity contribution in [3.05, 3.63) is 59.9 Å². The summed E-state index contributed by atoms with van der Waals surface area (Å²) in [5.41, 5.74) is 5.77. The second-order valence-corrected chi connectivity index (χ2v) is 3.90. The number of nitrogens with one attached hydrogen (secondary N) is 1. The molecular weight excluding hydrogens is 214 g/mol. The lowest BCUT2D eigenvalue weighted by Gasteiger charge is -2.17. The first-order chi connectivity index (χ1) is 8.34. The predicted octanol–water partition coefficient (Wildman–Crippen LogP) is 2.06. The molecule has 0 atom stereocenters. The Labute approximate surface area is 98.9 Å². The highest BCUT2D eigenvalue weighted by Gasteiger charge is 2.26. The van der Waals surface area contributed by atoms with E-state index in [1.807, 2.05) is 36.4 Å². The largest absolute Gasteiger partial charge is 0.295 e. The summed E-state index contributed by atoms with van der Waals surface area (Å²) in [6.07, 6.45) is 3.38. The number of anilines is 1. The molecule has 84 valence electrons. The minimum absolute atomic E-state index is 0.0115. The fraction of sp³-hybridized carbons (Fsp3) is 0.0769. The zero-order valence-corrected chi connectivity index (χ0v) is 9.13. The summed E-state index contributed by atoms with van der Waals surface area (Å²) < 4.78 is 0. The van der Waals surface area contributed by atoms with Gasteiger partial charge in [-0.3, -0.25) is 15.2 Å². The van der Waals surface area contributed by atoms with Crippen LogP contribution in [0.15, 0.2) is 48.8 Å². The molecule has 0 unspecified atom stereocenters. The van der Waals surface area contributed by atoms with Crippen LogP contribution >= 0.6 is 0 Å². The van der Waals surface area contributed by atoms with Crippen LogP contribution in [0.4, 0.5) is 5.69 Å². The van der Waals surface area contributed by atoms with E-state index in [0.29, 0.717) is 6.54 Å². The van der Waals surface area contributed by atoms with Crippen LogP contribution in [0.1, 0.15) is 15.9 Å². The van der Waals surface area contributed by atoms with Gasteiger partial charge < -0.3 is 0 Å². The summed E-state index contributed by atoms with van der Waals surface area (Å²) in [4.78, 5) is 16.0. The van der Waals surface area contributed by atoms with Crippen molar-refractivity contribution in [3.8, 4) is 0 Å². The molecule has 1 aromatic heterocycles. The zero-order valence-electron chi connectivity index (χ0n) is 9.13. The van der Waals surface area contributed by atoms with Crippen LogP contribution < -0.4 is 5.43 Å². The van der Waals surface area contributed by atoms with Crippen molar-refractivity contribution in [2.75, 3.05) is 5.43 Å². The second-order valence-electron chi connectivity index (χ2n) is 3.90. The van der Waals surface area contributed by atoms with Crippen molar-refractivity contribution in [1.29, 1.82) is 0 Å². The number of hydrogen-bond acceptors (Lipinski definition) is 3. The highest BCUT2D eigenvalue weighted by molar-refractivity contribution is 5.98. The van der Waals surface area contributed by atoms with Gasteiger partial charge in [-0.15, -0.1) is 0 Å². The van der Waals surface area contributed by atoms with E-state index >= 15 is 0 Å². The predicted molar refractivity (Wildman–Crippen MR) is 64.2 cm³/mol. The van der Waals surface area contributed by atoms with Crippen molar-refractivity contribution < 1.29 is 4.79 Å². The monoisotopic (exact) mass is 225 g/mol. The van der Waals surface area contributed by atoms with E-state index in [1.54, 1.807) is 17.4 Å². The molecule has 2 heterocycles. The maximum Gasteiger partial charge on any atom is 0.272 e. The molecule has 0 spiro atoms. The molecule has 1 aromatic carbocycles. The van der Waals surface area contributed by atoms with Crippen LogP contribution in [0.5, 0.6) is 0 Å². The number of fused-ring (bicyclic) bond motifs is 1. The Kier molecular flexibility index (Phi) is 2.26. The third-order valence-corrected chi connectivity index (χ3v) is 2.77. The van der Waals surface area contributed by atoms with Crippen LogP contribution in [0.2, 0.25) is 0 Å². The average Bonchev–Trinajstić information content (AvgIpc) is 2.68. The van der Waals surface area contributed by atoms with Gasteiger partial charge >= 0.3 is 0 Å². The highest BCUT2D eigenvalue weighted by atomic mass is 16.2. The Hall–Kier alpha value is -2.36. The number of carbonyl (C=O) groups excluding carboxylic acids is 1. The first kappa shape index (κ1) is 9.84. The van der Waals surface area contributed by atoms with E-state index in [4.69, 9.17) is 0 Å². The van der Waals surface area contributed by atoms with E-state index in [9.17, 15) is 4.79 Å². The number of nitrogens with zero attached hydrogens (tertiary/aromatic N) is 2. The lowest BCUT2D eigenvalue weighted by Crippen LogP contribution is -2.30. The number of hydrazine groups is 1. The normalized spacial score (nSPS) is 13.6. The molecule has 0 saturated carbocycles. The zero-order chi connectivity index (χ0) is 11.7. The van der Waals surface area contributed by atoms with Gasteiger partial charge in [-0.25, -0.2) is 5.01 Å². The lowest BCUT2D eigenvalue weighted by molar-refractivity contribution is 0.0814. The Bertz CT molecular complexity index is 554. The molecule has 17 heavy (non-hydrogen) atoms. The van der Waals surface area contributed by atoms with Gasteiger partial charge in [-0.1, -0.05) is 18.2 Å². The summed E-state index contributed by atoms with van der Waals surface area (Å²) in [7, 11) is 0. The molecular formula is C13H11N3O. The van der Waals surface area contributed by atoms with E-state index < -0.39 is 0 Å². The van der Waals surface area contributed by atoms with Crippen LogP contribution in [0.3, 0.4) is 0 Å². The topological polar surface area (TPSA) is 45.2 Å². The summed E-state index contributed by atoms with van der Waals surface area (Å²) in [6, 6.07) is 11.3. The Morgan fingerprint density at radius 2 is 1.88 bits per heavy atom. The van der Waals surface area contributed by atoms with Gasteiger partial charge in [-0.05, 0) is 23.8 Å². The minimum atomic E-state index is 0.0115. The molecule has 2 aromatic rings. The van der Waals surface area contributed by atoms with Crippen molar-refractivity contribution in [2.45, 2.75) is 6.54 Å². The first-order valence-electron chi connectivity index (χ1n) is 5.41. The van der Waals surface area contributed by atoms with Crippen molar-refractivity contribution in [1.82, 2.24) is 9.99 Å². The fourth-order valence-electron chi connectivity index (χ4n) is 1.93. The van der Waals surface area contributed by atoms with Gasteiger partial charge in [0.1, 0.15) is 0 Å². The number of carbonyl (C=O) groups is 1. The molecule has 1 N–H and O–H groups in total.